The molecule has 2 aliphatic rings. The van der Waals surface area contributed by atoms with Crippen LogP contribution in [0, 0.1) is 23.4 Å². The van der Waals surface area contributed by atoms with Crippen LogP contribution in [0.5, 0.6) is 0 Å². The Kier molecular flexibility index (Phi) is 6.04. The zero-order valence-electron chi connectivity index (χ0n) is 15.0. The van der Waals surface area contributed by atoms with E-state index in [2.05, 4.69) is 5.32 Å². The van der Waals surface area contributed by atoms with Crippen LogP contribution in [0.25, 0.3) is 0 Å². The summed E-state index contributed by atoms with van der Waals surface area (Å²) < 4.78 is 40.1. The molecule has 3 rings (SSSR count). The van der Waals surface area contributed by atoms with Gasteiger partial charge in [0.25, 0.3) is 0 Å². The standard InChI is InChI=1S/C19H24F3N3O2/c20-14-9-16(22)15(21)7-12(14)8-17(23)11-3-5-25(6-4-11)19(27)10-18(26)24-13-1-2-13/h7,9,11,13,17H,1-6,8,10,23H2,(H,24,26). The van der Waals surface area contributed by atoms with E-state index in [0.717, 1.165) is 18.9 Å². The maximum Gasteiger partial charge on any atom is 0.232 e. The van der Waals surface area contributed by atoms with Gasteiger partial charge in [0.2, 0.25) is 11.8 Å². The highest BCUT2D eigenvalue weighted by atomic mass is 19.2. The van der Waals surface area contributed by atoms with Gasteiger partial charge in [-0.15, -0.1) is 0 Å². The van der Waals surface area contributed by atoms with Crippen molar-refractivity contribution in [3.8, 4) is 0 Å². The predicted octanol–water partition coefficient (Wildman–Crippen LogP) is 1.88. The summed E-state index contributed by atoms with van der Waals surface area (Å²) in [6.45, 7) is 0.961. The fourth-order valence-corrected chi connectivity index (χ4v) is 3.47. The van der Waals surface area contributed by atoms with Gasteiger partial charge in [-0.25, -0.2) is 13.2 Å². The number of hydrogen-bond acceptors (Lipinski definition) is 3. The number of nitrogens with one attached hydrogen (secondary N) is 1. The number of amides is 2. The molecular weight excluding hydrogens is 359 g/mol. The van der Waals surface area contributed by atoms with E-state index in [1.807, 2.05) is 0 Å². The summed E-state index contributed by atoms with van der Waals surface area (Å²) >= 11 is 0. The molecule has 1 aromatic rings. The lowest BCUT2D eigenvalue weighted by molar-refractivity contribution is -0.137. The molecule has 0 bridgehead atoms. The van der Waals surface area contributed by atoms with Crippen LogP contribution in [0.15, 0.2) is 12.1 Å². The Hall–Kier alpha value is -2.09. The van der Waals surface area contributed by atoms with Crippen molar-refractivity contribution in [2.24, 2.45) is 11.7 Å². The fraction of sp³-hybridized carbons (Fsp3) is 0.579. The van der Waals surface area contributed by atoms with Gasteiger partial charge in [0.05, 0.1) is 0 Å². The highest BCUT2D eigenvalue weighted by Gasteiger charge is 2.29. The third-order valence-corrected chi connectivity index (χ3v) is 5.30. The van der Waals surface area contributed by atoms with Gasteiger partial charge in [0, 0.05) is 31.2 Å². The van der Waals surface area contributed by atoms with Gasteiger partial charge in [-0.2, -0.15) is 0 Å². The number of nitrogens with two attached hydrogens (primary N) is 1. The molecule has 1 unspecified atom stereocenters. The number of nitrogens with zero attached hydrogens (tertiary/aromatic N) is 1. The highest BCUT2D eigenvalue weighted by molar-refractivity contribution is 5.97. The summed E-state index contributed by atoms with van der Waals surface area (Å²) in [5.74, 6) is -3.52. The minimum absolute atomic E-state index is 0.0434. The molecule has 2 amide bonds. The van der Waals surface area contributed by atoms with Crippen molar-refractivity contribution in [2.75, 3.05) is 13.1 Å². The average molecular weight is 383 g/mol. The van der Waals surface area contributed by atoms with E-state index in [0.29, 0.717) is 32.0 Å². The van der Waals surface area contributed by atoms with E-state index in [1.54, 1.807) is 4.90 Å². The monoisotopic (exact) mass is 383 g/mol. The first kappa shape index (κ1) is 19.7. The van der Waals surface area contributed by atoms with E-state index in [4.69, 9.17) is 5.73 Å². The quantitative estimate of drug-likeness (QED) is 0.582. The summed E-state index contributed by atoms with van der Waals surface area (Å²) in [5, 5.41) is 2.79. The summed E-state index contributed by atoms with van der Waals surface area (Å²) in [6, 6.07) is 1.19. The largest absolute Gasteiger partial charge is 0.353 e. The van der Waals surface area contributed by atoms with E-state index < -0.39 is 23.5 Å². The number of carbonyl (C=O) groups is 2. The lowest BCUT2D eigenvalue weighted by atomic mass is 9.86. The molecule has 8 heteroatoms. The van der Waals surface area contributed by atoms with Crippen molar-refractivity contribution in [3.63, 3.8) is 0 Å². The van der Waals surface area contributed by atoms with Crippen molar-refractivity contribution in [2.45, 2.75) is 50.6 Å². The average Bonchev–Trinajstić information content (AvgIpc) is 3.43. The molecule has 1 aromatic carbocycles. The summed E-state index contributed by atoms with van der Waals surface area (Å²) in [6.07, 6.45) is 3.16. The van der Waals surface area contributed by atoms with Gasteiger partial charge in [-0.1, -0.05) is 0 Å². The maximum atomic E-state index is 13.8. The normalized spacial score (nSPS) is 19.0. The topological polar surface area (TPSA) is 75.4 Å². The van der Waals surface area contributed by atoms with Crippen molar-refractivity contribution < 1.29 is 22.8 Å². The zero-order chi connectivity index (χ0) is 19.6. The molecule has 2 fully saturated rings. The van der Waals surface area contributed by atoms with E-state index >= 15 is 0 Å². The van der Waals surface area contributed by atoms with E-state index in [9.17, 15) is 22.8 Å². The molecule has 1 atom stereocenters. The van der Waals surface area contributed by atoms with Crippen LogP contribution in [0.1, 0.15) is 37.7 Å². The minimum Gasteiger partial charge on any atom is -0.353 e. The first-order chi connectivity index (χ1) is 12.8. The Morgan fingerprint density at radius 1 is 1.07 bits per heavy atom. The third kappa shape index (κ3) is 5.22. The Labute approximate surface area is 156 Å². The number of benzene rings is 1. The fourth-order valence-electron chi connectivity index (χ4n) is 3.47. The van der Waals surface area contributed by atoms with Crippen molar-refractivity contribution in [3.05, 3.63) is 35.1 Å². The van der Waals surface area contributed by atoms with Crippen molar-refractivity contribution in [1.29, 1.82) is 0 Å². The Balaban J connectivity index is 1.47. The minimum atomic E-state index is -1.22. The van der Waals surface area contributed by atoms with Crippen molar-refractivity contribution in [1.82, 2.24) is 10.2 Å². The Morgan fingerprint density at radius 3 is 2.33 bits per heavy atom. The van der Waals surface area contributed by atoms with Crippen LogP contribution in [0.3, 0.4) is 0 Å². The predicted molar refractivity (Wildman–Crippen MR) is 93.1 cm³/mol. The molecule has 1 aliphatic heterocycles. The molecule has 0 aromatic heterocycles. The maximum absolute atomic E-state index is 13.8. The smallest absolute Gasteiger partial charge is 0.232 e. The molecule has 27 heavy (non-hydrogen) atoms. The molecule has 1 aliphatic carbocycles. The van der Waals surface area contributed by atoms with Crippen LogP contribution in [-0.2, 0) is 16.0 Å². The van der Waals surface area contributed by atoms with E-state index in [1.165, 1.54) is 0 Å². The molecule has 0 radical (unpaired) electrons. The van der Waals surface area contributed by atoms with Gasteiger partial charge in [-0.05, 0) is 49.7 Å². The number of likely N-dealkylation sites (tertiary alicyclic amines) is 1. The number of halogens is 3. The molecule has 0 spiro atoms. The van der Waals surface area contributed by atoms with Crippen molar-refractivity contribution >= 4 is 11.8 Å². The molecule has 1 heterocycles. The molecule has 148 valence electrons. The second kappa shape index (κ2) is 8.29. The third-order valence-electron chi connectivity index (χ3n) is 5.30. The van der Waals surface area contributed by atoms with Gasteiger partial charge in [0.1, 0.15) is 12.2 Å². The highest BCUT2D eigenvalue weighted by Crippen LogP contribution is 2.24. The number of carbonyl (C=O) groups excluding carboxylic acids is 2. The van der Waals surface area contributed by atoms with Gasteiger partial charge in [0.15, 0.2) is 11.6 Å². The number of rotatable bonds is 6. The van der Waals surface area contributed by atoms with Crippen LogP contribution in [0.2, 0.25) is 0 Å². The molecule has 1 saturated heterocycles. The summed E-state index contributed by atoms with van der Waals surface area (Å²) in [7, 11) is 0. The Bertz CT molecular complexity index is 716. The Morgan fingerprint density at radius 2 is 1.70 bits per heavy atom. The second-order valence-corrected chi connectivity index (χ2v) is 7.46. The first-order valence-corrected chi connectivity index (χ1v) is 9.29. The van der Waals surface area contributed by atoms with Crippen LogP contribution in [0.4, 0.5) is 13.2 Å². The van der Waals surface area contributed by atoms with Gasteiger partial charge in [-0.3, -0.25) is 9.59 Å². The molecule has 1 saturated carbocycles. The molecule has 3 N–H and O–H groups in total. The summed E-state index contributed by atoms with van der Waals surface area (Å²) in [4.78, 5) is 25.6. The van der Waals surface area contributed by atoms with Gasteiger partial charge < -0.3 is 16.0 Å². The van der Waals surface area contributed by atoms with Crippen LogP contribution in [-0.4, -0.2) is 41.9 Å². The lowest BCUT2D eigenvalue weighted by Gasteiger charge is -2.35. The number of piperidine rings is 1. The van der Waals surface area contributed by atoms with Gasteiger partial charge >= 0.3 is 0 Å². The number of hydrogen-bond donors (Lipinski definition) is 2. The van der Waals surface area contributed by atoms with Crippen LogP contribution < -0.4 is 11.1 Å². The van der Waals surface area contributed by atoms with Crippen LogP contribution >= 0.6 is 0 Å². The zero-order valence-corrected chi connectivity index (χ0v) is 15.0. The lowest BCUT2D eigenvalue weighted by Crippen LogP contribution is -2.45. The molecule has 5 nitrogen and oxygen atoms in total. The molecular formula is C19H24F3N3O2. The van der Waals surface area contributed by atoms with E-state index in [-0.39, 0.29) is 42.2 Å². The second-order valence-electron chi connectivity index (χ2n) is 7.46. The SMILES string of the molecule is NC(Cc1cc(F)c(F)cc1F)C1CCN(C(=O)CC(=O)NC2CC2)CC1. The first-order valence-electron chi connectivity index (χ1n) is 9.29. The summed E-state index contributed by atoms with van der Waals surface area (Å²) in [5.41, 5.74) is 6.20.